The number of rotatable bonds is 4. The van der Waals surface area contributed by atoms with E-state index in [4.69, 9.17) is 9.72 Å². The van der Waals surface area contributed by atoms with Crippen LogP contribution >= 0.6 is 0 Å². The molecule has 1 aliphatic heterocycles. The third-order valence-electron chi connectivity index (χ3n) is 8.73. The molecule has 3 aromatic heterocycles. The predicted octanol–water partition coefficient (Wildman–Crippen LogP) is 6.05. The molecule has 1 aliphatic carbocycles. The lowest BCUT2D eigenvalue weighted by Crippen LogP contribution is -2.32. The van der Waals surface area contributed by atoms with Crippen LogP contribution in [0.3, 0.4) is 0 Å². The second-order valence-electron chi connectivity index (χ2n) is 11.6. The van der Waals surface area contributed by atoms with Crippen molar-refractivity contribution >= 4 is 33.6 Å². The minimum atomic E-state index is -0.119. The van der Waals surface area contributed by atoms with Crippen LogP contribution in [0.1, 0.15) is 44.6 Å². The number of nitrogens with zero attached hydrogens (tertiary/aromatic N) is 6. The molecule has 2 aliphatic rings. The summed E-state index contributed by atoms with van der Waals surface area (Å²) in [5.41, 5.74) is 3.41. The molecule has 7 rings (SSSR count). The Labute approximate surface area is 245 Å². The molecular formula is C33H37N7O2. The molecule has 1 N–H and O–H groups in total. The maximum absolute atomic E-state index is 13.5. The monoisotopic (exact) mass is 563 g/mol. The van der Waals surface area contributed by atoms with E-state index >= 15 is 0 Å². The van der Waals surface area contributed by atoms with E-state index in [2.05, 4.69) is 70.4 Å². The third-order valence-corrected chi connectivity index (χ3v) is 8.73. The molecule has 4 heterocycles. The van der Waals surface area contributed by atoms with Gasteiger partial charge in [0.1, 0.15) is 11.1 Å². The molecule has 42 heavy (non-hydrogen) atoms. The van der Waals surface area contributed by atoms with Gasteiger partial charge in [0.25, 0.3) is 5.56 Å². The molecule has 1 fully saturated rings. The zero-order valence-corrected chi connectivity index (χ0v) is 24.2. The van der Waals surface area contributed by atoms with Gasteiger partial charge in [-0.05, 0) is 89.0 Å². The first-order chi connectivity index (χ1) is 20.5. The maximum Gasteiger partial charge on any atom is 0.278 e. The molecule has 2 bridgehead atoms. The summed E-state index contributed by atoms with van der Waals surface area (Å²) in [6.45, 7) is 1.10. The van der Waals surface area contributed by atoms with Crippen molar-refractivity contribution in [3.05, 3.63) is 83.4 Å². The first-order valence-corrected chi connectivity index (χ1v) is 15.0. The van der Waals surface area contributed by atoms with Crippen LogP contribution in [-0.2, 0) is 6.54 Å². The van der Waals surface area contributed by atoms with Crippen LogP contribution in [0.15, 0.2) is 77.9 Å². The summed E-state index contributed by atoms with van der Waals surface area (Å²) < 4.78 is 12.0. The fourth-order valence-electron chi connectivity index (χ4n) is 6.45. The fourth-order valence-corrected chi connectivity index (χ4v) is 6.45. The van der Waals surface area contributed by atoms with Gasteiger partial charge in [-0.3, -0.25) is 4.79 Å². The largest absolute Gasteiger partial charge is 0.494 e. The van der Waals surface area contributed by atoms with Crippen molar-refractivity contribution in [2.45, 2.75) is 57.2 Å². The summed E-state index contributed by atoms with van der Waals surface area (Å²) in [6.07, 6.45) is 14.7. The third kappa shape index (κ3) is 4.98. The van der Waals surface area contributed by atoms with E-state index in [9.17, 15) is 4.79 Å². The van der Waals surface area contributed by atoms with Gasteiger partial charge in [-0.2, -0.15) is 4.98 Å². The van der Waals surface area contributed by atoms with E-state index in [0.717, 1.165) is 30.0 Å². The molecule has 5 aromatic rings. The van der Waals surface area contributed by atoms with Crippen molar-refractivity contribution in [2.24, 2.45) is 0 Å². The molecule has 216 valence electrons. The predicted molar refractivity (Wildman–Crippen MR) is 167 cm³/mol. The lowest BCUT2D eigenvalue weighted by Gasteiger charge is -2.33. The first-order valence-electron chi connectivity index (χ1n) is 15.0. The number of anilines is 2. The van der Waals surface area contributed by atoms with Crippen molar-refractivity contribution < 1.29 is 4.74 Å². The van der Waals surface area contributed by atoms with E-state index in [1.54, 1.807) is 10.9 Å². The molecular weight excluding hydrogens is 526 g/mol. The molecule has 1 saturated carbocycles. The molecule has 0 spiro atoms. The van der Waals surface area contributed by atoms with Crippen LogP contribution in [0, 0.1) is 0 Å². The van der Waals surface area contributed by atoms with Crippen LogP contribution < -0.4 is 15.6 Å². The topological polar surface area (TPSA) is 82.1 Å². The Balaban J connectivity index is 1.20. The summed E-state index contributed by atoms with van der Waals surface area (Å²) >= 11 is 0. The van der Waals surface area contributed by atoms with E-state index in [1.807, 2.05) is 35.0 Å². The zero-order chi connectivity index (χ0) is 28.6. The Morgan fingerprint density at radius 2 is 1.90 bits per heavy atom. The Morgan fingerprint density at radius 3 is 2.76 bits per heavy atom. The highest BCUT2D eigenvalue weighted by Gasteiger charge is 2.24. The molecule has 9 nitrogen and oxygen atoms in total. The van der Waals surface area contributed by atoms with Gasteiger partial charge in [-0.25, -0.2) is 14.3 Å². The fraction of sp³-hybridized carbons (Fsp3) is 0.364. The van der Waals surface area contributed by atoms with E-state index in [1.165, 1.54) is 36.6 Å². The minimum Gasteiger partial charge on any atom is -0.494 e. The molecule has 0 radical (unpaired) electrons. The van der Waals surface area contributed by atoms with Gasteiger partial charge in [0, 0.05) is 47.1 Å². The highest BCUT2D eigenvalue weighted by molar-refractivity contribution is 5.85. The molecule has 0 saturated heterocycles. The number of hydrogen-bond acceptors (Lipinski definition) is 6. The van der Waals surface area contributed by atoms with Crippen LogP contribution in [0.25, 0.3) is 27.6 Å². The van der Waals surface area contributed by atoms with Crippen LogP contribution in [0.4, 0.5) is 11.6 Å². The van der Waals surface area contributed by atoms with E-state index < -0.39 is 0 Å². The number of ether oxygens (including phenoxy) is 1. The second-order valence-corrected chi connectivity index (χ2v) is 11.6. The number of nitrogens with one attached hydrogen (secondary N) is 1. The lowest BCUT2D eigenvalue weighted by molar-refractivity contribution is 0.197. The number of fused-ring (bicyclic) bond motifs is 7. The minimum absolute atomic E-state index is 0.119. The van der Waals surface area contributed by atoms with Crippen molar-refractivity contribution in [2.75, 3.05) is 26.0 Å². The zero-order valence-electron chi connectivity index (χ0n) is 24.2. The van der Waals surface area contributed by atoms with Crippen molar-refractivity contribution in [1.29, 1.82) is 0 Å². The molecule has 2 aromatic carbocycles. The summed E-state index contributed by atoms with van der Waals surface area (Å²) in [6, 6.07) is 17.6. The van der Waals surface area contributed by atoms with Crippen molar-refractivity contribution in [1.82, 2.24) is 28.8 Å². The number of allylic oxidation sites excluding steroid dienone is 2. The van der Waals surface area contributed by atoms with Gasteiger partial charge in [-0.15, -0.1) is 0 Å². The summed E-state index contributed by atoms with van der Waals surface area (Å²) in [5, 5.41) is 5.05. The number of hydrogen-bond donors (Lipinski definition) is 1. The number of benzene rings is 2. The second kappa shape index (κ2) is 11.1. The first kappa shape index (κ1) is 26.5. The van der Waals surface area contributed by atoms with Gasteiger partial charge in [0.15, 0.2) is 5.65 Å². The standard InChI is InChI=1S/C33H37N7O2/c1-37(2)25-11-13-26(14-12-25)38-18-16-23-20-24(10-15-30(23)38)35-33-34-22-29-31(36-33)40-27-8-7-9-28(21-27)42-19-6-4-3-5-17-39(40)32(29)41/h3,5,7-10,15-16,18,20-22,25-26H,4,6,11-14,17,19H2,1-2H3,(H,34,35,36)/b5-3-. The molecule has 0 amide bonds. The maximum atomic E-state index is 13.5. The smallest absolute Gasteiger partial charge is 0.278 e. The molecule has 9 heteroatoms. The van der Waals surface area contributed by atoms with Crippen molar-refractivity contribution in [3.63, 3.8) is 0 Å². The van der Waals surface area contributed by atoms with Crippen molar-refractivity contribution in [3.8, 4) is 11.4 Å². The van der Waals surface area contributed by atoms with Crippen LogP contribution in [-0.4, -0.2) is 55.5 Å². The van der Waals surface area contributed by atoms with Crippen LogP contribution in [0.5, 0.6) is 5.75 Å². The van der Waals surface area contributed by atoms with Gasteiger partial charge in [0.05, 0.1) is 18.8 Å². The normalized spacial score (nSPS) is 20.1. The molecule has 0 unspecified atom stereocenters. The SMILES string of the molecule is CN(C)C1CCC(n2ccc3cc(Nc4ncc5c(=O)n6n(c5n4)-c4cccc(c4)OCCC/C=C\C6)ccc32)CC1. The molecule has 0 atom stereocenters. The lowest BCUT2D eigenvalue weighted by atomic mass is 9.90. The Morgan fingerprint density at radius 1 is 1.02 bits per heavy atom. The van der Waals surface area contributed by atoms with Gasteiger partial charge in [-0.1, -0.05) is 18.2 Å². The quantitative estimate of drug-likeness (QED) is 0.268. The van der Waals surface area contributed by atoms with Gasteiger partial charge in [0.2, 0.25) is 5.95 Å². The van der Waals surface area contributed by atoms with E-state index in [-0.39, 0.29) is 5.56 Å². The Kier molecular flexibility index (Phi) is 7.03. The summed E-state index contributed by atoms with van der Waals surface area (Å²) in [7, 11) is 4.37. The Bertz CT molecular complexity index is 1820. The number of aromatic nitrogens is 5. The summed E-state index contributed by atoms with van der Waals surface area (Å²) in [5.74, 6) is 1.22. The average molecular weight is 564 g/mol. The van der Waals surface area contributed by atoms with Crippen LogP contribution in [0.2, 0.25) is 0 Å². The van der Waals surface area contributed by atoms with Gasteiger partial charge >= 0.3 is 0 Å². The van der Waals surface area contributed by atoms with E-state index in [0.29, 0.717) is 42.2 Å². The highest BCUT2D eigenvalue weighted by Crippen LogP contribution is 2.34. The van der Waals surface area contributed by atoms with Gasteiger partial charge < -0.3 is 19.5 Å². The Hall–Kier alpha value is -4.37. The summed E-state index contributed by atoms with van der Waals surface area (Å²) in [4.78, 5) is 25.2. The average Bonchev–Trinajstić information content (AvgIpc) is 3.54. The highest BCUT2D eigenvalue weighted by atomic mass is 16.5.